The minimum absolute atomic E-state index is 0.0754. The summed E-state index contributed by atoms with van der Waals surface area (Å²) >= 11 is 0. The number of ether oxygens (including phenoxy) is 3. The summed E-state index contributed by atoms with van der Waals surface area (Å²) in [6, 6.07) is 0. The molecule has 0 aromatic heterocycles. The summed E-state index contributed by atoms with van der Waals surface area (Å²) in [5, 5.41) is 0. The zero-order valence-electron chi connectivity index (χ0n) is 46.8. The van der Waals surface area contributed by atoms with Crippen LogP contribution in [0.1, 0.15) is 323 Å². The molecule has 0 saturated carbocycles. The number of carbonyl (C=O) groups is 3. The highest BCUT2D eigenvalue weighted by Gasteiger charge is 2.19. The van der Waals surface area contributed by atoms with Crippen molar-refractivity contribution in [3.05, 3.63) is 48.6 Å². The molecular weight excluding hydrogens is 865 g/mol. The second kappa shape index (κ2) is 58.9. The number of esters is 3. The number of allylic oxidation sites excluding steroid dienone is 8. The quantitative estimate of drug-likeness (QED) is 0.0261. The molecule has 0 aliphatic rings. The van der Waals surface area contributed by atoms with Crippen molar-refractivity contribution in [2.45, 2.75) is 329 Å². The van der Waals surface area contributed by atoms with E-state index in [4.69, 9.17) is 14.2 Å². The van der Waals surface area contributed by atoms with Gasteiger partial charge in [-0.1, -0.05) is 275 Å². The minimum atomic E-state index is -0.777. The second-order valence-electron chi connectivity index (χ2n) is 20.6. The number of carbonyl (C=O) groups excluding carboxylic acids is 3. The van der Waals surface area contributed by atoms with E-state index in [0.29, 0.717) is 19.3 Å². The summed E-state index contributed by atoms with van der Waals surface area (Å²) in [7, 11) is 0. The maximum Gasteiger partial charge on any atom is 0.306 e. The van der Waals surface area contributed by atoms with E-state index in [9.17, 15) is 14.4 Å². The summed E-state index contributed by atoms with van der Waals surface area (Å²) in [5.74, 6) is -0.874. The van der Waals surface area contributed by atoms with E-state index >= 15 is 0 Å². The van der Waals surface area contributed by atoms with Crippen molar-refractivity contribution in [1.82, 2.24) is 0 Å². The molecule has 0 aromatic carbocycles. The Morgan fingerprint density at radius 2 is 0.529 bits per heavy atom. The van der Waals surface area contributed by atoms with Crippen LogP contribution in [0.15, 0.2) is 48.6 Å². The van der Waals surface area contributed by atoms with Crippen LogP contribution in [0, 0.1) is 0 Å². The molecule has 0 saturated heterocycles. The summed E-state index contributed by atoms with van der Waals surface area (Å²) < 4.78 is 16.9. The Balaban J connectivity index is 4.30. The molecule has 0 spiro atoms. The molecule has 0 aromatic rings. The minimum Gasteiger partial charge on any atom is -0.462 e. The average molecular weight is 982 g/mol. The lowest BCUT2D eigenvalue weighted by molar-refractivity contribution is -0.167. The molecule has 70 heavy (non-hydrogen) atoms. The second-order valence-corrected chi connectivity index (χ2v) is 20.6. The van der Waals surface area contributed by atoms with Gasteiger partial charge in [-0.05, 0) is 77.0 Å². The van der Waals surface area contributed by atoms with Crippen LogP contribution in [0.3, 0.4) is 0 Å². The Kier molecular flexibility index (Phi) is 56.7. The topological polar surface area (TPSA) is 78.9 Å². The van der Waals surface area contributed by atoms with Gasteiger partial charge in [0.2, 0.25) is 0 Å². The van der Waals surface area contributed by atoms with Crippen LogP contribution in [-0.2, 0) is 28.6 Å². The number of hydrogen-bond donors (Lipinski definition) is 0. The van der Waals surface area contributed by atoms with Crippen LogP contribution in [0.2, 0.25) is 0 Å². The molecule has 0 rings (SSSR count). The molecule has 6 nitrogen and oxygen atoms in total. The molecule has 1 unspecified atom stereocenters. The van der Waals surface area contributed by atoms with Gasteiger partial charge in [-0.25, -0.2) is 0 Å². The molecule has 0 amide bonds. The predicted molar refractivity (Wildman–Crippen MR) is 302 cm³/mol. The molecule has 0 aliphatic carbocycles. The van der Waals surface area contributed by atoms with Crippen molar-refractivity contribution < 1.29 is 28.6 Å². The number of rotatable bonds is 56. The molecule has 0 fully saturated rings. The first kappa shape index (κ1) is 67.4. The molecule has 408 valence electrons. The van der Waals surface area contributed by atoms with E-state index in [1.54, 1.807) is 0 Å². The normalized spacial score (nSPS) is 12.3. The Bertz CT molecular complexity index is 1220. The van der Waals surface area contributed by atoms with E-state index in [-0.39, 0.29) is 31.1 Å². The van der Waals surface area contributed by atoms with Crippen LogP contribution in [0.4, 0.5) is 0 Å². The van der Waals surface area contributed by atoms with Crippen molar-refractivity contribution in [2.24, 2.45) is 0 Å². The average Bonchev–Trinajstić information content (AvgIpc) is 3.36. The van der Waals surface area contributed by atoms with Crippen molar-refractivity contribution in [3.8, 4) is 0 Å². The van der Waals surface area contributed by atoms with E-state index in [2.05, 4.69) is 69.4 Å². The van der Waals surface area contributed by atoms with Gasteiger partial charge in [0.15, 0.2) is 6.10 Å². The van der Waals surface area contributed by atoms with Gasteiger partial charge in [-0.15, -0.1) is 0 Å². The Labute approximate surface area is 435 Å². The molecule has 6 heteroatoms. The summed E-state index contributed by atoms with van der Waals surface area (Å²) in [6.07, 6.45) is 72.5. The molecule has 0 aliphatic heterocycles. The first-order valence-corrected chi connectivity index (χ1v) is 30.6. The van der Waals surface area contributed by atoms with Crippen LogP contribution in [0.25, 0.3) is 0 Å². The summed E-state index contributed by atoms with van der Waals surface area (Å²) in [6.45, 7) is 6.62. The Morgan fingerprint density at radius 3 is 0.829 bits per heavy atom. The third-order valence-corrected chi connectivity index (χ3v) is 13.6. The first-order valence-electron chi connectivity index (χ1n) is 30.6. The monoisotopic (exact) mass is 981 g/mol. The Hall–Kier alpha value is -2.63. The smallest absolute Gasteiger partial charge is 0.306 e. The summed E-state index contributed by atoms with van der Waals surface area (Å²) in [5.41, 5.74) is 0. The molecular formula is C64H116O6. The molecule has 0 N–H and O–H groups in total. The molecule has 0 radical (unpaired) electrons. The van der Waals surface area contributed by atoms with Gasteiger partial charge in [-0.2, -0.15) is 0 Å². The largest absolute Gasteiger partial charge is 0.462 e. The zero-order valence-corrected chi connectivity index (χ0v) is 46.8. The van der Waals surface area contributed by atoms with Crippen molar-refractivity contribution in [2.75, 3.05) is 13.2 Å². The lowest BCUT2D eigenvalue weighted by Crippen LogP contribution is -2.30. The third kappa shape index (κ3) is 56.3. The standard InChI is InChI=1S/C64H116O6/c1-4-7-10-13-16-19-22-25-28-29-30-31-32-33-34-35-37-39-42-45-48-51-54-57-63(66)69-60-61(59-68-62(65)56-53-50-47-44-41-38-27-24-21-18-15-12-9-6-3)70-64(67)58-55-52-49-46-43-40-36-26-23-20-17-14-11-8-5-2/h15,18,22,24-25,27,29-30,61H,4-14,16-17,19-21,23,26,28,31-60H2,1-3H3/b18-15-,25-22-,27-24-,30-29-. The molecule has 1 atom stereocenters. The highest BCUT2D eigenvalue weighted by Crippen LogP contribution is 2.17. The van der Waals surface area contributed by atoms with E-state index in [1.807, 2.05) is 0 Å². The fourth-order valence-electron chi connectivity index (χ4n) is 8.90. The van der Waals surface area contributed by atoms with Crippen molar-refractivity contribution in [1.29, 1.82) is 0 Å². The number of hydrogen-bond acceptors (Lipinski definition) is 6. The van der Waals surface area contributed by atoms with Gasteiger partial charge in [-0.3, -0.25) is 14.4 Å². The van der Waals surface area contributed by atoms with Crippen LogP contribution < -0.4 is 0 Å². The van der Waals surface area contributed by atoms with Gasteiger partial charge in [0.25, 0.3) is 0 Å². The van der Waals surface area contributed by atoms with Crippen LogP contribution >= 0.6 is 0 Å². The van der Waals surface area contributed by atoms with Gasteiger partial charge in [0, 0.05) is 19.3 Å². The van der Waals surface area contributed by atoms with E-state index < -0.39 is 6.10 Å². The number of unbranched alkanes of at least 4 members (excludes halogenated alkanes) is 37. The first-order chi connectivity index (χ1) is 34.5. The maximum atomic E-state index is 12.9. The fourth-order valence-corrected chi connectivity index (χ4v) is 8.90. The highest BCUT2D eigenvalue weighted by atomic mass is 16.6. The SMILES string of the molecule is CCCC/C=C\C/C=C\CCCCCCCC(=O)OCC(COC(=O)CCCCCCCCCCCCC/C=C\C/C=C\CCCCCCC)OC(=O)CCCCCCCCCCCCCCCCC. The third-order valence-electron chi connectivity index (χ3n) is 13.6. The Morgan fingerprint density at radius 1 is 0.286 bits per heavy atom. The fraction of sp³-hybridized carbons (Fsp3) is 0.828. The lowest BCUT2D eigenvalue weighted by atomic mass is 10.0. The maximum absolute atomic E-state index is 12.9. The van der Waals surface area contributed by atoms with Crippen molar-refractivity contribution in [3.63, 3.8) is 0 Å². The highest BCUT2D eigenvalue weighted by molar-refractivity contribution is 5.71. The van der Waals surface area contributed by atoms with Gasteiger partial charge >= 0.3 is 17.9 Å². The predicted octanol–water partition coefficient (Wildman–Crippen LogP) is 20.6. The van der Waals surface area contributed by atoms with Crippen molar-refractivity contribution >= 4 is 17.9 Å². The van der Waals surface area contributed by atoms with Gasteiger partial charge < -0.3 is 14.2 Å². The summed E-state index contributed by atoms with van der Waals surface area (Å²) in [4.78, 5) is 38.2. The zero-order chi connectivity index (χ0) is 50.7. The lowest BCUT2D eigenvalue weighted by Gasteiger charge is -2.18. The van der Waals surface area contributed by atoms with Crippen LogP contribution in [0.5, 0.6) is 0 Å². The van der Waals surface area contributed by atoms with Gasteiger partial charge in [0.05, 0.1) is 0 Å². The van der Waals surface area contributed by atoms with E-state index in [1.165, 1.54) is 199 Å². The molecule has 0 heterocycles. The van der Waals surface area contributed by atoms with Crippen LogP contribution in [-0.4, -0.2) is 37.2 Å². The van der Waals surface area contributed by atoms with E-state index in [0.717, 1.165) is 83.5 Å². The van der Waals surface area contributed by atoms with Gasteiger partial charge in [0.1, 0.15) is 13.2 Å². The molecule has 0 bridgehead atoms.